The van der Waals surface area contributed by atoms with Crippen LogP contribution in [-0.4, -0.2) is 17.4 Å². The highest BCUT2D eigenvalue weighted by molar-refractivity contribution is 5.95. The molecule has 1 N–H and O–H groups in total. The highest BCUT2D eigenvalue weighted by Gasteiger charge is 2.30. The molecule has 1 fully saturated rings. The lowest BCUT2D eigenvalue weighted by atomic mass is 10.0. The van der Waals surface area contributed by atoms with Gasteiger partial charge in [-0.2, -0.15) is 0 Å². The van der Waals surface area contributed by atoms with Crippen molar-refractivity contribution >= 4 is 18.3 Å². The summed E-state index contributed by atoms with van der Waals surface area (Å²) in [5.41, 5.74) is 4.65. The van der Waals surface area contributed by atoms with Gasteiger partial charge < -0.3 is 10.2 Å². The summed E-state index contributed by atoms with van der Waals surface area (Å²) in [6.45, 7) is 2.65. The molecule has 1 amide bonds. The fourth-order valence-electron chi connectivity index (χ4n) is 3.63. The van der Waals surface area contributed by atoms with Crippen molar-refractivity contribution < 1.29 is 4.79 Å². The van der Waals surface area contributed by atoms with E-state index in [2.05, 4.69) is 41.7 Å². The molecule has 1 unspecified atom stereocenters. The van der Waals surface area contributed by atoms with Crippen molar-refractivity contribution in [1.82, 2.24) is 10.2 Å². The number of likely N-dealkylation sites (tertiary alicyclic amines) is 1. The number of benzene rings is 2. The first-order valence-electron chi connectivity index (χ1n) is 8.01. The molecule has 0 aliphatic carbocycles. The fraction of sp³-hybridized carbons (Fsp3) is 0.316. The lowest BCUT2D eigenvalue weighted by Gasteiger charge is -2.25. The first-order valence-corrected chi connectivity index (χ1v) is 8.01. The smallest absolute Gasteiger partial charge is 0.254 e. The number of amides is 1. The Bertz CT molecular complexity index is 702. The van der Waals surface area contributed by atoms with Crippen LogP contribution in [0.25, 0.3) is 0 Å². The van der Waals surface area contributed by atoms with Crippen LogP contribution in [0.3, 0.4) is 0 Å². The molecule has 0 radical (unpaired) electrons. The molecule has 0 bridgehead atoms. The van der Waals surface area contributed by atoms with E-state index in [0.717, 1.165) is 38.0 Å². The summed E-state index contributed by atoms with van der Waals surface area (Å²) in [6.07, 6.45) is 2.14. The summed E-state index contributed by atoms with van der Waals surface area (Å²) in [4.78, 5) is 15.0. The summed E-state index contributed by atoms with van der Waals surface area (Å²) in [5.74, 6) is 0.168. The first-order chi connectivity index (χ1) is 10.8. The number of nitrogens with one attached hydrogen (secondary N) is 1. The molecule has 0 aromatic heterocycles. The molecule has 3 nitrogen and oxygen atoms in total. The Morgan fingerprint density at radius 2 is 1.83 bits per heavy atom. The van der Waals surface area contributed by atoms with Gasteiger partial charge in [-0.3, -0.25) is 4.79 Å². The number of rotatable bonds is 2. The second-order valence-electron chi connectivity index (χ2n) is 6.15. The second-order valence-corrected chi connectivity index (χ2v) is 6.15. The quantitative estimate of drug-likeness (QED) is 0.912. The minimum Gasteiger partial charge on any atom is -0.332 e. The minimum absolute atomic E-state index is 0. The first kappa shape index (κ1) is 16.0. The van der Waals surface area contributed by atoms with Gasteiger partial charge in [-0.25, -0.2) is 0 Å². The third-order valence-corrected chi connectivity index (χ3v) is 4.78. The zero-order valence-electron chi connectivity index (χ0n) is 13.0. The summed E-state index contributed by atoms with van der Waals surface area (Å²) < 4.78 is 0. The second kappa shape index (κ2) is 6.73. The Labute approximate surface area is 143 Å². The Hall–Kier alpha value is -1.84. The highest BCUT2D eigenvalue weighted by atomic mass is 35.5. The predicted octanol–water partition coefficient (Wildman–Crippen LogP) is 3.69. The van der Waals surface area contributed by atoms with E-state index in [1.54, 1.807) is 0 Å². The molecule has 2 aromatic carbocycles. The third kappa shape index (κ3) is 2.99. The number of fused-ring (bicyclic) bond motifs is 1. The molecule has 2 heterocycles. The van der Waals surface area contributed by atoms with E-state index in [-0.39, 0.29) is 24.4 Å². The van der Waals surface area contributed by atoms with Crippen molar-refractivity contribution in [2.45, 2.75) is 32.0 Å². The largest absolute Gasteiger partial charge is 0.332 e. The summed E-state index contributed by atoms with van der Waals surface area (Å²) in [5, 5.41) is 3.33. The average Bonchev–Trinajstić information content (AvgIpc) is 3.23. The summed E-state index contributed by atoms with van der Waals surface area (Å²) >= 11 is 0. The maximum Gasteiger partial charge on any atom is 0.254 e. The lowest BCUT2D eigenvalue weighted by molar-refractivity contribution is 0.0735. The van der Waals surface area contributed by atoms with Gasteiger partial charge >= 0.3 is 0 Å². The minimum atomic E-state index is 0. The molecule has 4 rings (SSSR count). The van der Waals surface area contributed by atoms with Crippen molar-refractivity contribution in [2.75, 3.05) is 6.54 Å². The van der Waals surface area contributed by atoms with Gasteiger partial charge in [-0.1, -0.05) is 36.4 Å². The van der Waals surface area contributed by atoms with E-state index >= 15 is 0 Å². The molecule has 0 spiro atoms. The van der Waals surface area contributed by atoms with E-state index in [1.807, 2.05) is 17.0 Å². The zero-order chi connectivity index (χ0) is 14.9. The van der Waals surface area contributed by atoms with Gasteiger partial charge in [0, 0.05) is 25.2 Å². The van der Waals surface area contributed by atoms with Gasteiger partial charge in [0.1, 0.15) is 0 Å². The topological polar surface area (TPSA) is 32.3 Å². The number of carbonyl (C=O) groups is 1. The SMILES string of the molecule is Cl.O=C(c1ccc2c(c1)CNC2)N1CCCC1c1ccccc1. The van der Waals surface area contributed by atoms with E-state index in [1.165, 1.54) is 16.7 Å². The maximum atomic E-state index is 12.9. The number of hydrogen-bond donors (Lipinski definition) is 1. The van der Waals surface area contributed by atoms with Gasteiger partial charge in [0.25, 0.3) is 5.91 Å². The molecule has 120 valence electrons. The number of carbonyl (C=O) groups excluding carboxylic acids is 1. The number of nitrogens with zero attached hydrogens (tertiary/aromatic N) is 1. The third-order valence-electron chi connectivity index (χ3n) is 4.78. The van der Waals surface area contributed by atoms with Crippen molar-refractivity contribution in [3.05, 3.63) is 70.8 Å². The molecule has 2 aromatic rings. The molecule has 2 aliphatic rings. The van der Waals surface area contributed by atoms with Gasteiger partial charge in [0.05, 0.1) is 6.04 Å². The average molecular weight is 329 g/mol. The van der Waals surface area contributed by atoms with Crippen LogP contribution in [0.1, 0.15) is 45.9 Å². The fourth-order valence-corrected chi connectivity index (χ4v) is 3.63. The Balaban J connectivity index is 0.00000156. The van der Waals surface area contributed by atoms with Crippen LogP contribution in [0.4, 0.5) is 0 Å². The Morgan fingerprint density at radius 1 is 1.04 bits per heavy atom. The van der Waals surface area contributed by atoms with Crippen molar-refractivity contribution in [2.24, 2.45) is 0 Å². The molecular formula is C19H21ClN2O. The van der Waals surface area contributed by atoms with Crippen LogP contribution in [0.15, 0.2) is 48.5 Å². The van der Waals surface area contributed by atoms with Crippen LogP contribution in [0, 0.1) is 0 Å². The molecule has 1 atom stereocenters. The maximum absolute atomic E-state index is 12.9. The van der Waals surface area contributed by atoms with Crippen molar-refractivity contribution in [3.8, 4) is 0 Å². The van der Waals surface area contributed by atoms with Crippen molar-refractivity contribution in [3.63, 3.8) is 0 Å². The van der Waals surface area contributed by atoms with E-state index < -0.39 is 0 Å². The van der Waals surface area contributed by atoms with E-state index in [4.69, 9.17) is 0 Å². The van der Waals surface area contributed by atoms with Crippen LogP contribution in [0.5, 0.6) is 0 Å². The zero-order valence-corrected chi connectivity index (χ0v) is 13.8. The van der Waals surface area contributed by atoms with Crippen LogP contribution >= 0.6 is 12.4 Å². The standard InChI is InChI=1S/C19H20N2O.ClH/c22-19(15-8-9-16-12-20-13-17(16)11-15)21-10-4-7-18(21)14-5-2-1-3-6-14;/h1-3,5-6,8-9,11,18,20H,4,7,10,12-13H2;1H. The van der Waals surface area contributed by atoms with Crippen LogP contribution in [0.2, 0.25) is 0 Å². The van der Waals surface area contributed by atoms with Crippen molar-refractivity contribution in [1.29, 1.82) is 0 Å². The highest BCUT2D eigenvalue weighted by Crippen LogP contribution is 2.33. The lowest BCUT2D eigenvalue weighted by Crippen LogP contribution is -2.30. The summed E-state index contributed by atoms with van der Waals surface area (Å²) in [7, 11) is 0. The van der Waals surface area contributed by atoms with E-state index in [0.29, 0.717) is 0 Å². The van der Waals surface area contributed by atoms with Gasteiger partial charge in [-0.15, -0.1) is 12.4 Å². The van der Waals surface area contributed by atoms with E-state index in [9.17, 15) is 4.79 Å². The van der Waals surface area contributed by atoms with Crippen LogP contribution < -0.4 is 5.32 Å². The molecule has 1 saturated heterocycles. The number of hydrogen-bond acceptors (Lipinski definition) is 2. The van der Waals surface area contributed by atoms with Crippen LogP contribution in [-0.2, 0) is 13.1 Å². The Kier molecular flexibility index (Phi) is 4.69. The molecule has 23 heavy (non-hydrogen) atoms. The predicted molar refractivity (Wildman–Crippen MR) is 93.7 cm³/mol. The monoisotopic (exact) mass is 328 g/mol. The number of halogens is 1. The molecular weight excluding hydrogens is 308 g/mol. The van der Waals surface area contributed by atoms with Gasteiger partial charge in [0.15, 0.2) is 0 Å². The van der Waals surface area contributed by atoms with Gasteiger partial charge in [0.2, 0.25) is 0 Å². The molecule has 0 saturated carbocycles. The van der Waals surface area contributed by atoms with Gasteiger partial charge in [-0.05, 0) is 41.7 Å². The Morgan fingerprint density at radius 3 is 2.65 bits per heavy atom. The summed E-state index contributed by atoms with van der Waals surface area (Å²) in [6, 6.07) is 16.8. The molecule has 4 heteroatoms. The normalized spacial score (nSPS) is 19.3. The molecule has 2 aliphatic heterocycles.